The van der Waals surface area contributed by atoms with Crippen molar-refractivity contribution < 1.29 is 18.7 Å². The normalized spacial score (nSPS) is 11.5. The smallest absolute Gasteiger partial charge is 0.375 e. The van der Waals surface area contributed by atoms with Crippen LogP contribution in [0.4, 0.5) is 5.69 Å². The molecule has 7 nitrogen and oxygen atoms in total. The van der Waals surface area contributed by atoms with Gasteiger partial charge in [0.15, 0.2) is 11.5 Å². The minimum absolute atomic E-state index is 0.260. The maximum absolute atomic E-state index is 12.3. The molecule has 1 N–H and O–H groups in total. The van der Waals surface area contributed by atoms with Crippen molar-refractivity contribution in [2.24, 2.45) is 0 Å². The second-order valence-electron chi connectivity index (χ2n) is 6.20. The highest BCUT2D eigenvalue weighted by Crippen LogP contribution is 2.16. The van der Waals surface area contributed by atoms with E-state index in [-0.39, 0.29) is 16.8 Å². The molecule has 0 bridgehead atoms. The summed E-state index contributed by atoms with van der Waals surface area (Å²) in [6.45, 7) is 3.23. The molecule has 28 heavy (non-hydrogen) atoms. The third-order valence-corrected chi connectivity index (χ3v) is 4.00. The number of amides is 1. The highest BCUT2D eigenvalue weighted by Gasteiger charge is 2.21. The molecule has 140 valence electrons. The Morgan fingerprint density at radius 3 is 2.71 bits per heavy atom. The summed E-state index contributed by atoms with van der Waals surface area (Å²) in [5.41, 5.74) is 1.56. The number of rotatable bonds is 4. The second-order valence-corrected chi connectivity index (χ2v) is 6.20. The van der Waals surface area contributed by atoms with E-state index in [1.54, 1.807) is 36.4 Å². The molecule has 0 aliphatic carbocycles. The Balaban J connectivity index is 1.74. The lowest BCUT2D eigenvalue weighted by atomic mass is 10.1. The van der Waals surface area contributed by atoms with Gasteiger partial charge in [0, 0.05) is 11.8 Å². The third-order valence-electron chi connectivity index (χ3n) is 4.00. The molecule has 1 amide bonds. The number of aryl methyl sites for hydroxylation is 1. The quantitative estimate of drug-likeness (QED) is 0.701. The van der Waals surface area contributed by atoms with Crippen LogP contribution in [0.5, 0.6) is 0 Å². The fourth-order valence-corrected chi connectivity index (χ4v) is 2.55. The number of carbonyl (C=O) groups excluding carboxylic acids is 2. The van der Waals surface area contributed by atoms with Crippen LogP contribution in [0, 0.1) is 18.3 Å². The number of benzene rings is 2. The van der Waals surface area contributed by atoms with Gasteiger partial charge in [-0.1, -0.05) is 17.7 Å². The van der Waals surface area contributed by atoms with E-state index < -0.39 is 18.0 Å². The lowest BCUT2D eigenvalue weighted by molar-refractivity contribution is -0.123. The molecular weight excluding hydrogens is 360 g/mol. The van der Waals surface area contributed by atoms with Crippen LogP contribution in [0.25, 0.3) is 11.0 Å². The molecule has 0 fully saturated rings. The molecule has 0 spiro atoms. The largest absolute Gasteiger partial charge is 0.449 e. The maximum Gasteiger partial charge on any atom is 0.375 e. The first-order chi connectivity index (χ1) is 13.4. The summed E-state index contributed by atoms with van der Waals surface area (Å²) in [4.78, 5) is 36.7. The van der Waals surface area contributed by atoms with E-state index >= 15 is 0 Å². The summed E-state index contributed by atoms with van der Waals surface area (Å²) in [6, 6.07) is 14.4. The predicted octanol–water partition coefficient (Wildman–Crippen LogP) is 3.16. The fourth-order valence-electron chi connectivity index (χ4n) is 2.55. The Bertz CT molecular complexity index is 1170. The molecule has 0 saturated heterocycles. The van der Waals surface area contributed by atoms with Gasteiger partial charge in [0.05, 0.1) is 17.0 Å². The summed E-state index contributed by atoms with van der Waals surface area (Å²) < 4.78 is 10.6. The van der Waals surface area contributed by atoms with Crippen LogP contribution in [0.2, 0.25) is 0 Å². The minimum atomic E-state index is -1.14. The first-order valence-corrected chi connectivity index (χ1v) is 8.44. The van der Waals surface area contributed by atoms with E-state index in [4.69, 9.17) is 14.4 Å². The molecule has 0 radical (unpaired) electrons. The zero-order valence-electron chi connectivity index (χ0n) is 15.2. The van der Waals surface area contributed by atoms with Crippen molar-refractivity contribution in [3.63, 3.8) is 0 Å². The fraction of sp³-hybridized carbons (Fsp3) is 0.143. The highest BCUT2D eigenvalue weighted by atomic mass is 16.6. The summed E-state index contributed by atoms with van der Waals surface area (Å²) in [5.74, 6) is -1.79. The van der Waals surface area contributed by atoms with Crippen molar-refractivity contribution in [1.82, 2.24) is 0 Å². The Labute approximate surface area is 160 Å². The van der Waals surface area contributed by atoms with Gasteiger partial charge in [0.1, 0.15) is 5.58 Å². The van der Waals surface area contributed by atoms with Crippen molar-refractivity contribution in [2.45, 2.75) is 20.0 Å². The van der Waals surface area contributed by atoms with E-state index in [9.17, 15) is 14.4 Å². The van der Waals surface area contributed by atoms with Gasteiger partial charge in [0.2, 0.25) is 5.76 Å². The van der Waals surface area contributed by atoms with Crippen molar-refractivity contribution >= 4 is 28.5 Å². The van der Waals surface area contributed by atoms with Gasteiger partial charge in [-0.25, -0.2) is 4.79 Å². The lowest BCUT2D eigenvalue weighted by Gasteiger charge is -2.13. The molecular formula is C21H16N2O5. The Morgan fingerprint density at radius 1 is 1.18 bits per heavy atom. The monoisotopic (exact) mass is 376 g/mol. The average molecular weight is 376 g/mol. The molecule has 3 rings (SSSR count). The first kappa shape index (κ1) is 18.9. The van der Waals surface area contributed by atoms with Crippen molar-refractivity contribution in [1.29, 1.82) is 5.26 Å². The standard InChI is InChI=1S/C21H16N2O5/c1-12-6-7-18-16(8-12)17(24)10-19(28-18)21(26)27-13(2)20(25)23-15-5-3-4-14(9-15)11-22/h3-10,13H,1-2H3,(H,23,25)/t13-/m1/s1. The maximum atomic E-state index is 12.3. The molecule has 0 saturated carbocycles. The summed E-state index contributed by atoms with van der Waals surface area (Å²) in [5, 5.41) is 11.8. The first-order valence-electron chi connectivity index (χ1n) is 8.44. The Hall–Kier alpha value is -3.92. The molecule has 0 aliphatic rings. The third kappa shape index (κ3) is 4.07. The van der Waals surface area contributed by atoms with Crippen LogP contribution in [-0.2, 0) is 9.53 Å². The average Bonchev–Trinajstić information content (AvgIpc) is 2.68. The van der Waals surface area contributed by atoms with Crippen molar-refractivity contribution in [2.75, 3.05) is 5.32 Å². The van der Waals surface area contributed by atoms with Crippen molar-refractivity contribution in [3.05, 3.63) is 75.6 Å². The number of nitriles is 1. The number of hydrogen-bond donors (Lipinski definition) is 1. The van der Waals surface area contributed by atoms with Crippen LogP contribution in [-0.4, -0.2) is 18.0 Å². The summed E-state index contributed by atoms with van der Waals surface area (Å²) in [7, 11) is 0. The Morgan fingerprint density at radius 2 is 1.96 bits per heavy atom. The van der Waals surface area contributed by atoms with E-state index in [0.717, 1.165) is 11.6 Å². The van der Waals surface area contributed by atoms with Gasteiger partial charge >= 0.3 is 5.97 Å². The van der Waals surface area contributed by atoms with Crippen molar-refractivity contribution in [3.8, 4) is 6.07 Å². The number of ether oxygens (including phenoxy) is 1. The Kier molecular flexibility index (Phi) is 5.23. The predicted molar refractivity (Wildman–Crippen MR) is 102 cm³/mol. The minimum Gasteiger partial charge on any atom is -0.449 e. The number of carbonyl (C=O) groups is 2. The number of nitrogens with one attached hydrogen (secondary N) is 1. The van der Waals surface area contributed by atoms with Crippen LogP contribution < -0.4 is 10.7 Å². The molecule has 0 unspecified atom stereocenters. The SMILES string of the molecule is Cc1ccc2oc(C(=O)O[C@H](C)C(=O)Nc3cccc(C#N)c3)cc(=O)c2c1. The molecule has 1 atom stereocenters. The van der Waals surface area contributed by atoms with Gasteiger partial charge in [0.25, 0.3) is 5.91 Å². The van der Waals surface area contributed by atoms with Gasteiger partial charge in [-0.3, -0.25) is 9.59 Å². The van der Waals surface area contributed by atoms with E-state index in [1.807, 2.05) is 13.0 Å². The zero-order valence-corrected chi connectivity index (χ0v) is 15.2. The number of anilines is 1. The zero-order chi connectivity index (χ0) is 20.3. The van der Waals surface area contributed by atoms with E-state index in [0.29, 0.717) is 16.6 Å². The van der Waals surface area contributed by atoms with E-state index in [2.05, 4.69) is 5.32 Å². The van der Waals surface area contributed by atoms with Gasteiger partial charge in [-0.2, -0.15) is 5.26 Å². The van der Waals surface area contributed by atoms with Crippen LogP contribution in [0.3, 0.4) is 0 Å². The number of nitrogens with zero attached hydrogens (tertiary/aromatic N) is 1. The second kappa shape index (κ2) is 7.76. The molecule has 3 aromatic rings. The van der Waals surface area contributed by atoms with Crippen LogP contribution >= 0.6 is 0 Å². The summed E-state index contributed by atoms with van der Waals surface area (Å²) in [6.07, 6.45) is -1.14. The van der Waals surface area contributed by atoms with Gasteiger partial charge in [-0.05, 0) is 44.2 Å². The molecule has 0 aliphatic heterocycles. The van der Waals surface area contributed by atoms with Crippen LogP contribution in [0.1, 0.15) is 28.6 Å². The molecule has 1 heterocycles. The topological polar surface area (TPSA) is 109 Å². The van der Waals surface area contributed by atoms with Crippen LogP contribution in [0.15, 0.2) is 57.7 Å². The lowest BCUT2D eigenvalue weighted by Crippen LogP contribution is -2.30. The van der Waals surface area contributed by atoms with Gasteiger partial charge in [-0.15, -0.1) is 0 Å². The highest BCUT2D eigenvalue weighted by molar-refractivity contribution is 5.97. The molecule has 7 heteroatoms. The molecule has 2 aromatic carbocycles. The van der Waals surface area contributed by atoms with Gasteiger partial charge < -0.3 is 14.5 Å². The number of esters is 1. The number of hydrogen-bond acceptors (Lipinski definition) is 6. The van der Waals surface area contributed by atoms with E-state index in [1.165, 1.54) is 13.0 Å². The number of fused-ring (bicyclic) bond motifs is 1. The summed E-state index contributed by atoms with van der Waals surface area (Å²) >= 11 is 0. The molecule has 1 aromatic heterocycles.